The van der Waals surface area contributed by atoms with Gasteiger partial charge in [0.15, 0.2) is 0 Å². The Bertz CT molecular complexity index is 1250. The Hall–Kier alpha value is -2.66. The highest BCUT2D eigenvalue weighted by molar-refractivity contribution is 7.89. The van der Waals surface area contributed by atoms with E-state index in [0.29, 0.717) is 18.8 Å². The summed E-state index contributed by atoms with van der Waals surface area (Å²) in [6.07, 6.45) is 1.55. The van der Waals surface area contributed by atoms with Gasteiger partial charge in [0.05, 0.1) is 18.3 Å². The number of piperazine rings is 1. The summed E-state index contributed by atoms with van der Waals surface area (Å²) in [7, 11) is -3.80. The number of likely N-dealkylation sites (tertiary alicyclic amines) is 1. The largest absolute Gasteiger partial charge is 0.325 e. The lowest BCUT2D eigenvalue weighted by Crippen LogP contribution is -2.56. The molecule has 5 rings (SSSR count). The zero-order chi connectivity index (χ0) is 23.0. The highest BCUT2D eigenvalue weighted by atomic mass is 32.2. The lowest BCUT2D eigenvalue weighted by Gasteiger charge is -2.39. The predicted molar refractivity (Wildman–Crippen MR) is 127 cm³/mol. The van der Waals surface area contributed by atoms with Crippen molar-refractivity contribution < 1.29 is 13.2 Å². The molecule has 8 nitrogen and oxygen atoms in total. The minimum absolute atomic E-state index is 0.0290. The molecule has 33 heavy (non-hydrogen) atoms. The quantitative estimate of drug-likeness (QED) is 0.579. The van der Waals surface area contributed by atoms with E-state index in [1.54, 1.807) is 4.31 Å². The molecule has 172 valence electrons. The van der Waals surface area contributed by atoms with Crippen LogP contribution in [-0.2, 0) is 14.8 Å². The van der Waals surface area contributed by atoms with Crippen LogP contribution < -0.4 is 5.32 Å². The summed E-state index contributed by atoms with van der Waals surface area (Å²) >= 11 is 0.917. The number of rotatable bonds is 6. The molecule has 0 aliphatic carbocycles. The summed E-state index contributed by atoms with van der Waals surface area (Å²) in [4.78, 5) is 14.7. The maximum Gasteiger partial charge on any atom is 0.264 e. The Balaban J connectivity index is 1.31. The number of aromatic nitrogens is 2. The first-order valence-electron chi connectivity index (χ1n) is 10.9. The second-order valence-electron chi connectivity index (χ2n) is 8.56. The number of para-hydroxylation sites is 1. The van der Waals surface area contributed by atoms with Crippen LogP contribution >= 0.6 is 11.7 Å². The number of carbonyl (C=O) groups is 1. The fourth-order valence-electron chi connectivity index (χ4n) is 4.80. The van der Waals surface area contributed by atoms with Gasteiger partial charge in [0, 0.05) is 36.4 Å². The molecule has 1 N–H and O–H groups in total. The molecule has 2 aliphatic heterocycles. The Morgan fingerprint density at radius 2 is 1.70 bits per heavy atom. The summed E-state index contributed by atoms with van der Waals surface area (Å²) < 4.78 is 37.4. The third kappa shape index (κ3) is 4.31. The van der Waals surface area contributed by atoms with Gasteiger partial charge in [-0.2, -0.15) is 13.1 Å². The molecule has 2 unspecified atom stereocenters. The van der Waals surface area contributed by atoms with E-state index in [1.807, 2.05) is 61.5 Å². The summed E-state index contributed by atoms with van der Waals surface area (Å²) in [6.45, 7) is 3.24. The van der Waals surface area contributed by atoms with Crippen LogP contribution in [0.25, 0.3) is 11.3 Å². The number of aryl methyl sites for hydroxylation is 1. The molecule has 10 heteroatoms. The molecule has 0 saturated carbocycles. The van der Waals surface area contributed by atoms with Gasteiger partial charge in [-0.3, -0.25) is 9.69 Å². The zero-order valence-corrected chi connectivity index (χ0v) is 19.8. The van der Waals surface area contributed by atoms with Crippen LogP contribution in [0.5, 0.6) is 0 Å². The van der Waals surface area contributed by atoms with Gasteiger partial charge in [0.25, 0.3) is 10.0 Å². The van der Waals surface area contributed by atoms with Gasteiger partial charge in [-0.1, -0.05) is 48.5 Å². The van der Waals surface area contributed by atoms with Gasteiger partial charge in [0.2, 0.25) is 10.9 Å². The SMILES string of the molecule is Cc1ccccc1NC(=O)CN1CC2CCC(C1)N2S(=O)(=O)c1nsnc1-c1ccccc1. The van der Waals surface area contributed by atoms with Crippen LogP contribution in [-0.4, -0.2) is 64.0 Å². The fourth-order valence-corrected chi connectivity index (χ4v) is 7.55. The number of hydrogen-bond donors (Lipinski definition) is 1. The maximum absolute atomic E-state index is 13.6. The van der Waals surface area contributed by atoms with Crippen molar-refractivity contribution in [3.63, 3.8) is 0 Å². The number of fused-ring (bicyclic) bond motifs is 2. The summed E-state index contributed by atoms with van der Waals surface area (Å²) in [5.74, 6) is -0.0879. The molecule has 2 bridgehead atoms. The predicted octanol–water partition coefficient (Wildman–Crippen LogP) is 2.99. The molecule has 2 aliphatic rings. The average Bonchev–Trinajstić information content (AvgIpc) is 3.40. The highest BCUT2D eigenvalue weighted by Crippen LogP contribution is 2.37. The van der Waals surface area contributed by atoms with E-state index in [-0.39, 0.29) is 29.6 Å². The topological polar surface area (TPSA) is 95.5 Å². The monoisotopic (exact) mass is 483 g/mol. The van der Waals surface area contributed by atoms with Crippen molar-refractivity contribution >= 4 is 33.3 Å². The molecule has 1 aromatic heterocycles. The van der Waals surface area contributed by atoms with Gasteiger partial charge < -0.3 is 5.32 Å². The first-order valence-corrected chi connectivity index (χ1v) is 13.1. The number of nitrogens with zero attached hydrogens (tertiary/aromatic N) is 4. The highest BCUT2D eigenvalue weighted by Gasteiger charge is 2.48. The second kappa shape index (κ2) is 8.94. The second-order valence-corrected chi connectivity index (χ2v) is 10.8. The van der Waals surface area contributed by atoms with Crippen LogP contribution in [0, 0.1) is 6.92 Å². The molecular formula is C23H25N5O3S2. The first-order chi connectivity index (χ1) is 15.9. The van der Waals surface area contributed by atoms with Crippen LogP contribution in [0.2, 0.25) is 0 Å². The minimum Gasteiger partial charge on any atom is -0.325 e. The number of anilines is 1. The lowest BCUT2D eigenvalue weighted by molar-refractivity contribution is -0.117. The van der Waals surface area contributed by atoms with E-state index >= 15 is 0 Å². The Morgan fingerprint density at radius 3 is 2.39 bits per heavy atom. The molecule has 2 atom stereocenters. The zero-order valence-electron chi connectivity index (χ0n) is 18.2. The van der Waals surface area contributed by atoms with Gasteiger partial charge in [-0.25, -0.2) is 8.42 Å². The number of amides is 1. The van der Waals surface area contributed by atoms with E-state index in [2.05, 4.69) is 19.0 Å². The number of carbonyl (C=O) groups excluding carboxylic acids is 1. The molecule has 3 heterocycles. The number of benzene rings is 2. The van der Waals surface area contributed by atoms with Crippen LogP contribution in [0.4, 0.5) is 5.69 Å². The lowest BCUT2D eigenvalue weighted by atomic mass is 10.2. The fraction of sp³-hybridized carbons (Fsp3) is 0.348. The average molecular weight is 484 g/mol. The minimum atomic E-state index is -3.80. The smallest absolute Gasteiger partial charge is 0.264 e. The van der Waals surface area contributed by atoms with E-state index in [1.165, 1.54) is 0 Å². The Labute approximate surface area is 197 Å². The normalized spacial score (nSPS) is 21.2. The van der Waals surface area contributed by atoms with Crippen molar-refractivity contribution in [1.29, 1.82) is 0 Å². The molecule has 2 saturated heterocycles. The molecule has 2 fully saturated rings. The Kier molecular flexibility index (Phi) is 6.00. The van der Waals surface area contributed by atoms with Crippen LogP contribution in [0.15, 0.2) is 59.6 Å². The van der Waals surface area contributed by atoms with Crippen molar-refractivity contribution in [2.45, 2.75) is 36.9 Å². The standard InChI is InChI=1S/C23H25N5O3S2/c1-16-7-5-6-10-20(16)24-21(29)15-27-13-18-11-12-19(14-27)28(18)33(30,31)23-22(25-32-26-23)17-8-3-2-4-9-17/h2-10,18-19H,11-15H2,1H3,(H,24,29). The summed E-state index contributed by atoms with van der Waals surface area (Å²) in [5, 5.41) is 3.00. The van der Waals surface area contributed by atoms with E-state index < -0.39 is 10.0 Å². The van der Waals surface area contributed by atoms with Gasteiger partial charge in [0.1, 0.15) is 5.69 Å². The van der Waals surface area contributed by atoms with Crippen molar-refractivity contribution in [3.05, 3.63) is 60.2 Å². The molecule has 0 radical (unpaired) electrons. The van der Waals surface area contributed by atoms with Crippen molar-refractivity contribution in [2.75, 3.05) is 25.0 Å². The molecule has 0 spiro atoms. The maximum atomic E-state index is 13.6. The van der Waals surface area contributed by atoms with Gasteiger partial charge in [-0.15, -0.1) is 0 Å². The van der Waals surface area contributed by atoms with E-state index in [0.717, 1.165) is 41.4 Å². The van der Waals surface area contributed by atoms with Gasteiger partial charge >= 0.3 is 0 Å². The third-order valence-corrected chi connectivity index (χ3v) is 8.87. The molecular weight excluding hydrogens is 458 g/mol. The molecule has 2 aromatic carbocycles. The summed E-state index contributed by atoms with van der Waals surface area (Å²) in [6, 6.07) is 16.6. The van der Waals surface area contributed by atoms with Crippen molar-refractivity contribution in [3.8, 4) is 11.3 Å². The molecule has 3 aromatic rings. The van der Waals surface area contributed by atoms with Gasteiger partial charge in [-0.05, 0) is 31.4 Å². The third-order valence-electron chi connectivity index (χ3n) is 6.30. The van der Waals surface area contributed by atoms with E-state index in [4.69, 9.17) is 0 Å². The number of nitrogens with one attached hydrogen (secondary N) is 1. The number of sulfonamides is 1. The Morgan fingerprint density at radius 1 is 1.03 bits per heavy atom. The number of hydrogen-bond acceptors (Lipinski definition) is 7. The van der Waals surface area contributed by atoms with Crippen molar-refractivity contribution in [1.82, 2.24) is 18.0 Å². The first kappa shape index (κ1) is 22.1. The van der Waals surface area contributed by atoms with Crippen molar-refractivity contribution in [2.24, 2.45) is 0 Å². The summed E-state index contributed by atoms with van der Waals surface area (Å²) in [5.41, 5.74) is 2.95. The molecule has 1 amide bonds. The van der Waals surface area contributed by atoms with E-state index in [9.17, 15) is 13.2 Å². The van der Waals surface area contributed by atoms with Crippen LogP contribution in [0.3, 0.4) is 0 Å². The van der Waals surface area contributed by atoms with Crippen LogP contribution in [0.1, 0.15) is 18.4 Å².